The van der Waals surface area contributed by atoms with E-state index >= 15 is 0 Å². The number of rotatable bonds is 5. The van der Waals surface area contributed by atoms with Gasteiger partial charge < -0.3 is 5.32 Å². The zero-order chi connectivity index (χ0) is 16.1. The minimum atomic E-state index is -0.0405. The van der Waals surface area contributed by atoms with Crippen LogP contribution in [0.2, 0.25) is 5.02 Å². The quantitative estimate of drug-likeness (QED) is 0.768. The fourth-order valence-corrected chi connectivity index (χ4v) is 2.94. The summed E-state index contributed by atoms with van der Waals surface area (Å²) in [7, 11) is 0. The van der Waals surface area contributed by atoms with Crippen molar-refractivity contribution in [3.05, 3.63) is 69.8 Å². The minimum absolute atomic E-state index is 0.0405. The van der Waals surface area contributed by atoms with Crippen molar-refractivity contribution in [2.75, 3.05) is 0 Å². The predicted molar refractivity (Wildman–Crippen MR) is 92.3 cm³/mol. The third kappa shape index (κ3) is 4.37. The van der Waals surface area contributed by atoms with E-state index in [-0.39, 0.29) is 5.91 Å². The van der Waals surface area contributed by atoms with E-state index in [1.807, 2.05) is 41.8 Å². The van der Waals surface area contributed by atoms with Gasteiger partial charge in [-0.1, -0.05) is 29.8 Å². The highest BCUT2D eigenvalue weighted by Gasteiger charge is 2.07. The van der Waals surface area contributed by atoms with Crippen LogP contribution in [0.15, 0.2) is 54.2 Å². The van der Waals surface area contributed by atoms with E-state index in [2.05, 4.69) is 15.3 Å². The van der Waals surface area contributed by atoms with Crippen LogP contribution in [-0.4, -0.2) is 15.9 Å². The second-order valence-corrected chi connectivity index (χ2v) is 6.33. The van der Waals surface area contributed by atoms with Crippen LogP contribution in [-0.2, 0) is 17.8 Å². The molecular weight excluding hydrogens is 330 g/mol. The first-order chi connectivity index (χ1) is 11.2. The van der Waals surface area contributed by atoms with E-state index in [0.29, 0.717) is 18.0 Å². The zero-order valence-electron chi connectivity index (χ0n) is 12.2. The van der Waals surface area contributed by atoms with E-state index in [9.17, 15) is 4.79 Å². The fraction of sp³-hybridized carbons (Fsp3) is 0.118. The van der Waals surface area contributed by atoms with E-state index in [1.165, 1.54) is 11.3 Å². The number of carbonyl (C=O) groups excluding carboxylic acids is 1. The highest BCUT2D eigenvalue weighted by molar-refractivity contribution is 7.09. The molecule has 0 bridgehead atoms. The van der Waals surface area contributed by atoms with Gasteiger partial charge in [0.05, 0.1) is 18.7 Å². The highest BCUT2D eigenvalue weighted by atomic mass is 35.5. The molecule has 0 atom stereocenters. The van der Waals surface area contributed by atoms with Gasteiger partial charge in [-0.05, 0) is 23.8 Å². The highest BCUT2D eigenvalue weighted by Crippen LogP contribution is 2.23. The third-order valence-corrected chi connectivity index (χ3v) is 4.32. The van der Waals surface area contributed by atoms with Crippen molar-refractivity contribution >= 4 is 28.8 Å². The van der Waals surface area contributed by atoms with Crippen molar-refractivity contribution in [3.63, 3.8) is 0 Å². The SMILES string of the molecule is O=C(Cc1cccnc1)NCc1nc(-c2ccc(Cl)cc2)cs1. The molecule has 0 radical (unpaired) electrons. The summed E-state index contributed by atoms with van der Waals surface area (Å²) in [6.07, 6.45) is 3.71. The summed E-state index contributed by atoms with van der Waals surface area (Å²) in [5, 5.41) is 6.43. The molecule has 0 aliphatic carbocycles. The summed E-state index contributed by atoms with van der Waals surface area (Å²) in [5.41, 5.74) is 2.80. The number of nitrogens with one attached hydrogen (secondary N) is 1. The number of pyridine rings is 1. The maximum atomic E-state index is 11.9. The number of hydrogen-bond donors (Lipinski definition) is 1. The zero-order valence-corrected chi connectivity index (χ0v) is 13.8. The number of halogens is 1. The summed E-state index contributed by atoms with van der Waals surface area (Å²) in [6.45, 7) is 0.428. The monoisotopic (exact) mass is 343 g/mol. The number of hydrogen-bond acceptors (Lipinski definition) is 4. The van der Waals surface area contributed by atoms with Gasteiger partial charge >= 0.3 is 0 Å². The van der Waals surface area contributed by atoms with Crippen LogP contribution in [0.4, 0.5) is 0 Å². The van der Waals surface area contributed by atoms with Crippen LogP contribution < -0.4 is 5.32 Å². The summed E-state index contributed by atoms with van der Waals surface area (Å²) < 4.78 is 0. The van der Waals surface area contributed by atoms with Gasteiger partial charge in [-0.15, -0.1) is 11.3 Å². The first-order valence-electron chi connectivity index (χ1n) is 7.06. The van der Waals surface area contributed by atoms with E-state index in [0.717, 1.165) is 21.8 Å². The average Bonchev–Trinajstić information content (AvgIpc) is 3.04. The lowest BCUT2D eigenvalue weighted by molar-refractivity contribution is -0.120. The maximum Gasteiger partial charge on any atom is 0.224 e. The third-order valence-electron chi connectivity index (χ3n) is 3.22. The first kappa shape index (κ1) is 15.6. The molecule has 0 fully saturated rings. The molecule has 0 saturated heterocycles. The van der Waals surface area contributed by atoms with Gasteiger partial charge in [0.15, 0.2) is 0 Å². The van der Waals surface area contributed by atoms with Gasteiger partial charge in [0.1, 0.15) is 5.01 Å². The van der Waals surface area contributed by atoms with Crippen LogP contribution in [0.1, 0.15) is 10.6 Å². The Morgan fingerprint density at radius 2 is 2.04 bits per heavy atom. The number of thiazole rings is 1. The van der Waals surface area contributed by atoms with Crippen LogP contribution in [0.3, 0.4) is 0 Å². The Morgan fingerprint density at radius 3 is 2.78 bits per heavy atom. The normalized spacial score (nSPS) is 10.5. The Kier molecular flexibility index (Phi) is 5.00. The predicted octanol–water partition coefficient (Wildman–Crippen LogP) is 3.72. The molecule has 1 aromatic carbocycles. The van der Waals surface area contributed by atoms with E-state index in [1.54, 1.807) is 12.4 Å². The summed E-state index contributed by atoms with van der Waals surface area (Å²) >= 11 is 7.41. The molecule has 2 heterocycles. The lowest BCUT2D eigenvalue weighted by atomic mass is 10.2. The van der Waals surface area contributed by atoms with Crippen molar-refractivity contribution in [2.45, 2.75) is 13.0 Å². The standard InChI is InChI=1S/C17H14ClN3OS/c18-14-5-3-13(4-6-14)15-11-23-17(21-15)10-20-16(22)8-12-2-1-7-19-9-12/h1-7,9,11H,8,10H2,(H,20,22). The maximum absolute atomic E-state index is 11.9. The van der Waals surface area contributed by atoms with Gasteiger partial charge in [0, 0.05) is 28.4 Å². The van der Waals surface area contributed by atoms with Crippen molar-refractivity contribution in [3.8, 4) is 11.3 Å². The molecule has 2 aromatic heterocycles. The second-order valence-electron chi connectivity index (χ2n) is 4.95. The lowest BCUT2D eigenvalue weighted by Gasteiger charge is -2.03. The van der Waals surface area contributed by atoms with Gasteiger partial charge in [-0.3, -0.25) is 9.78 Å². The average molecular weight is 344 g/mol. The molecule has 3 rings (SSSR count). The van der Waals surface area contributed by atoms with E-state index in [4.69, 9.17) is 11.6 Å². The molecule has 4 nitrogen and oxygen atoms in total. The first-order valence-corrected chi connectivity index (χ1v) is 8.32. The largest absolute Gasteiger partial charge is 0.349 e. The molecule has 23 heavy (non-hydrogen) atoms. The van der Waals surface area contributed by atoms with Crippen molar-refractivity contribution in [1.29, 1.82) is 0 Å². The Labute approximate surface area is 143 Å². The van der Waals surface area contributed by atoms with Gasteiger partial charge in [-0.2, -0.15) is 0 Å². The molecule has 1 N–H and O–H groups in total. The Balaban J connectivity index is 1.57. The van der Waals surface area contributed by atoms with Gasteiger partial charge in [0.25, 0.3) is 0 Å². The van der Waals surface area contributed by atoms with Crippen molar-refractivity contribution < 1.29 is 4.79 Å². The molecule has 0 unspecified atom stereocenters. The molecule has 116 valence electrons. The van der Waals surface area contributed by atoms with Crippen molar-refractivity contribution in [2.24, 2.45) is 0 Å². The number of nitrogens with zero attached hydrogens (tertiary/aromatic N) is 2. The van der Waals surface area contributed by atoms with Crippen LogP contribution in [0.25, 0.3) is 11.3 Å². The van der Waals surface area contributed by atoms with E-state index < -0.39 is 0 Å². The number of carbonyl (C=O) groups is 1. The molecule has 6 heteroatoms. The number of aromatic nitrogens is 2. The number of benzene rings is 1. The molecular formula is C17H14ClN3OS. The van der Waals surface area contributed by atoms with Gasteiger partial charge in [0.2, 0.25) is 5.91 Å². The molecule has 3 aromatic rings. The van der Waals surface area contributed by atoms with Crippen LogP contribution >= 0.6 is 22.9 Å². The molecule has 0 saturated carbocycles. The lowest BCUT2D eigenvalue weighted by Crippen LogP contribution is -2.24. The topological polar surface area (TPSA) is 54.9 Å². The summed E-state index contributed by atoms with van der Waals surface area (Å²) in [4.78, 5) is 20.5. The smallest absolute Gasteiger partial charge is 0.224 e. The summed E-state index contributed by atoms with van der Waals surface area (Å²) in [5.74, 6) is -0.0405. The van der Waals surface area contributed by atoms with Crippen LogP contribution in [0, 0.1) is 0 Å². The Bertz CT molecular complexity index is 787. The molecule has 0 spiro atoms. The molecule has 0 aliphatic heterocycles. The van der Waals surface area contributed by atoms with Crippen LogP contribution in [0.5, 0.6) is 0 Å². The fourth-order valence-electron chi connectivity index (χ4n) is 2.07. The second kappa shape index (κ2) is 7.35. The Morgan fingerprint density at radius 1 is 1.22 bits per heavy atom. The number of amides is 1. The summed E-state index contributed by atoms with van der Waals surface area (Å²) in [6, 6.07) is 11.2. The van der Waals surface area contributed by atoms with Gasteiger partial charge in [-0.25, -0.2) is 4.98 Å². The minimum Gasteiger partial charge on any atom is -0.349 e. The molecule has 1 amide bonds. The molecule has 0 aliphatic rings. The van der Waals surface area contributed by atoms with Crippen molar-refractivity contribution in [1.82, 2.24) is 15.3 Å². The Hall–Kier alpha value is -2.24.